The van der Waals surface area contributed by atoms with Crippen LogP contribution in [0.5, 0.6) is 0 Å². The molecule has 1 N–H and O–H groups in total. The molecule has 116 valence electrons. The fourth-order valence-corrected chi connectivity index (χ4v) is 3.54. The van der Waals surface area contributed by atoms with Crippen molar-refractivity contribution in [3.63, 3.8) is 0 Å². The van der Waals surface area contributed by atoms with Crippen LogP contribution in [0.25, 0.3) is 0 Å². The van der Waals surface area contributed by atoms with E-state index in [1.165, 1.54) is 31.5 Å². The predicted octanol–water partition coefficient (Wildman–Crippen LogP) is 2.32. The molecule has 3 nitrogen and oxygen atoms in total. The lowest BCUT2D eigenvalue weighted by molar-refractivity contribution is 0.0381. The van der Waals surface area contributed by atoms with E-state index in [-0.39, 0.29) is 0 Å². The summed E-state index contributed by atoms with van der Waals surface area (Å²) in [4.78, 5) is 2.69. The maximum Gasteiger partial charge on any atom is 0.0469 e. The summed E-state index contributed by atoms with van der Waals surface area (Å²) >= 11 is 0. The summed E-state index contributed by atoms with van der Waals surface area (Å²) in [6.45, 7) is 7.80. The number of piperazine rings is 1. The average Bonchev–Trinajstić information content (AvgIpc) is 2.53. The van der Waals surface area contributed by atoms with Gasteiger partial charge in [-0.05, 0) is 37.7 Å². The molecule has 3 rings (SSSR count). The lowest BCUT2D eigenvalue weighted by Gasteiger charge is -2.41. The normalized spacial score (nSPS) is 28.6. The van der Waals surface area contributed by atoms with Gasteiger partial charge in [0.2, 0.25) is 0 Å². The van der Waals surface area contributed by atoms with E-state index < -0.39 is 0 Å². The molecule has 0 spiro atoms. The molecule has 1 aromatic carbocycles. The molecule has 2 aliphatic heterocycles. The third kappa shape index (κ3) is 4.29. The van der Waals surface area contributed by atoms with Crippen LogP contribution >= 0.6 is 0 Å². The van der Waals surface area contributed by atoms with Gasteiger partial charge in [0.15, 0.2) is 0 Å². The number of rotatable bonds is 4. The fourth-order valence-electron chi connectivity index (χ4n) is 3.54. The van der Waals surface area contributed by atoms with E-state index in [2.05, 4.69) is 47.5 Å². The molecular formula is C18H28N2O. The number of hydrogen-bond donors (Lipinski definition) is 1. The van der Waals surface area contributed by atoms with Crippen LogP contribution in [0.3, 0.4) is 0 Å². The monoisotopic (exact) mass is 288 g/mol. The van der Waals surface area contributed by atoms with Crippen molar-refractivity contribution in [2.24, 2.45) is 5.92 Å². The van der Waals surface area contributed by atoms with E-state index in [9.17, 15) is 0 Å². The number of hydrogen-bond acceptors (Lipinski definition) is 3. The zero-order valence-electron chi connectivity index (χ0n) is 13.1. The van der Waals surface area contributed by atoms with Gasteiger partial charge in [-0.2, -0.15) is 0 Å². The highest BCUT2D eigenvalue weighted by atomic mass is 16.5. The molecule has 0 radical (unpaired) electrons. The fraction of sp³-hybridized carbons (Fsp3) is 0.667. The van der Waals surface area contributed by atoms with Gasteiger partial charge in [0.05, 0.1) is 0 Å². The molecule has 2 atom stereocenters. The molecule has 3 heteroatoms. The number of ether oxygens (including phenoxy) is 1. The molecule has 1 aromatic rings. The SMILES string of the molecule is CC1CNC(Cc2ccccc2)CN1CC1CCOCC1. The molecule has 0 aromatic heterocycles. The van der Waals surface area contributed by atoms with Crippen molar-refractivity contribution in [2.75, 3.05) is 32.8 Å². The van der Waals surface area contributed by atoms with Crippen LogP contribution in [0, 0.1) is 5.92 Å². The van der Waals surface area contributed by atoms with Gasteiger partial charge >= 0.3 is 0 Å². The summed E-state index contributed by atoms with van der Waals surface area (Å²) in [6, 6.07) is 12.1. The molecule has 0 aliphatic carbocycles. The van der Waals surface area contributed by atoms with Crippen molar-refractivity contribution in [1.29, 1.82) is 0 Å². The van der Waals surface area contributed by atoms with Gasteiger partial charge in [-0.1, -0.05) is 30.3 Å². The summed E-state index contributed by atoms with van der Waals surface area (Å²) < 4.78 is 5.48. The van der Waals surface area contributed by atoms with Crippen LogP contribution in [-0.2, 0) is 11.2 Å². The van der Waals surface area contributed by atoms with Gasteiger partial charge in [-0.15, -0.1) is 0 Å². The van der Waals surface area contributed by atoms with Gasteiger partial charge in [-0.25, -0.2) is 0 Å². The average molecular weight is 288 g/mol. The Kier molecular flexibility index (Phi) is 5.28. The van der Waals surface area contributed by atoms with Crippen LogP contribution < -0.4 is 5.32 Å². The summed E-state index contributed by atoms with van der Waals surface area (Å²) in [5.41, 5.74) is 1.44. The van der Waals surface area contributed by atoms with Crippen molar-refractivity contribution >= 4 is 0 Å². The molecule has 2 saturated heterocycles. The number of benzene rings is 1. The summed E-state index contributed by atoms with van der Waals surface area (Å²) in [5, 5.41) is 3.72. The second-order valence-electron chi connectivity index (χ2n) is 6.65. The number of nitrogens with zero attached hydrogens (tertiary/aromatic N) is 1. The van der Waals surface area contributed by atoms with Crippen LogP contribution in [0.4, 0.5) is 0 Å². The van der Waals surface area contributed by atoms with E-state index in [1.54, 1.807) is 0 Å². The van der Waals surface area contributed by atoms with E-state index in [1.807, 2.05) is 0 Å². The zero-order chi connectivity index (χ0) is 14.5. The minimum atomic E-state index is 0.587. The number of nitrogens with one attached hydrogen (secondary N) is 1. The van der Waals surface area contributed by atoms with Crippen molar-refractivity contribution in [2.45, 2.75) is 38.3 Å². The first-order valence-corrected chi connectivity index (χ1v) is 8.40. The standard InChI is InChI=1S/C18H28N2O/c1-15-12-19-18(11-16-5-3-2-4-6-16)14-20(15)13-17-7-9-21-10-8-17/h2-6,15,17-19H,7-14H2,1H3. The highest BCUT2D eigenvalue weighted by Crippen LogP contribution is 2.19. The Bertz CT molecular complexity index is 416. The van der Waals surface area contributed by atoms with Crippen molar-refractivity contribution in [3.8, 4) is 0 Å². The molecule has 2 unspecified atom stereocenters. The Morgan fingerprint density at radius 1 is 1.19 bits per heavy atom. The second kappa shape index (κ2) is 7.39. The summed E-state index contributed by atoms with van der Waals surface area (Å²) in [6.07, 6.45) is 3.61. The van der Waals surface area contributed by atoms with Crippen molar-refractivity contribution < 1.29 is 4.74 Å². The first kappa shape index (κ1) is 15.0. The minimum absolute atomic E-state index is 0.587. The van der Waals surface area contributed by atoms with Crippen molar-refractivity contribution in [1.82, 2.24) is 10.2 Å². The quantitative estimate of drug-likeness (QED) is 0.920. The Morgan fingerprint density at radius 3 is 2.71 bits per heavy atom. The molecule has 21 heavy (non-hydrogen) atoms. The van der Waals surface area contributed by atoms with Gasteiger partial charge < -0.3 is 10.1 Å². The van der Waals surface area contributed by atoms with Crippen LogP contribution in [0.2, 0.25) is 0 Å². The maximum absolute atomic E-state index is 5.48. The Morgan fingerprint density at radius 2 is 1.95 bits per heavy atom. The highest BCUT2D eigenvalue weighted by molar-refractivity contribution is 5.16. The zero-order valence-corrected chi connectivity index (χ0v) is 13.1. The third-order valence-electron chi connectivity index (χ3n) is 4.94. The van der Waals surface area contributed by atoms with Gasteiger partial charge in [-0.3, -0.25) is 4.90 Å². The summed E-state index contributed by atoms with van der Waals surface area (Å²) in [7, 11) is 0. The second-order valence-corrected chi connectivity index (χ2v) is 6.65. The molecule has 0 amide bonds. The molecular weight excluding hydrogens is 260 g/mol. The lowest BCUT2D eigenvalue weighted by Crippen LogP contribution is -2.57. The van der Waals surface area contributed by atoms with E-state index in [0.29, 0.717) is 12.1 Å². The first-order valence-electron chi connectivity index (χ1n) is 8.40. The predicted molar refractivity (Wildman–Crippen MR) is 86.5 cm³/mol. The smallest absolute Gasteiger partial charge is 0.0469 e. The summed E-state index contributed by atoms with van der Waals surface area (Å²) in [5.74, 6) is 0.830. The maximum atomic E-state index is 5.48. The van der Waals surface area contributed by atoms with Gasteiger partial charge in [0.1, 0.15) is 0 Å². The highest BCUT2D eigenvalue weighted by Gasteiger charge is 2.27. The van der Waals surface area contributed by atoms with Gasteiger partial charge in [0.25, 0.3) is 0 Å². The van der Waals surface area contributed by atoms with Crippen LogP contribution in [0.15, 0.2) is 30.3 Å². The van der Waals surface area contributed by atoms with E-state index >= 15 is 0 Å². The van der Waals surface area contributed by atoms with E-state index in [0.717, 1.165) is 32.1 Å². The topological polar surface area (TPSA) is 24.5 Å². The molecule has 2 heterocycles. The van der Waals surface area contributed by atoms with Gasteiger partial charge in [0, 0.05) is 44.9 Å². The Balaban J connectivity index is 1.54. The third-order valence-corrected chi connectivity index (χ3v) is 4.94. The van der Waals surface area contributed by atoms with Crippen molar-refractivity contribution in [3.05, 3.63) is 35.9 Å². The van der Waals surface area contributed by atoms with E-state index in [4.69, 9.17) is 4.74 Å². The molecule has 2 aliphatic rings. The Labute approximate surface area is 128 Å². The first-order chi connectivity index (χ1) is 10.3. The minimum Gasteiger partial charge on any atom is -0.381 e. The Hall–Kier alpha value is -0.900. The van der Waals surface area contributed by atoms with Crippen LogP contribution in [-0.4, -0.2) is 49.8 Å². The largest absolute Gasteiger partial charge is 0.381 e. The molecule has 2 fully saturated rings. The molecule has 0 saturated carbocycles. The lowest BCUT2D eigenvalue weighted by atomic mass is 9.96. The van der Waals surface area contributed by atoms with Crippen LogP contribution in [0.1, 0.15) is 25.3 Å². The molecule has 0 bridgehead atoms.